The number of para-hydroxylation sites is 1. The van der Waals surface area contributed by atoms with Crippen molar-refractivity contribution in [2.45, 2.75) is 6.92 Å². The van der Waals surface area contributed by atoms with Crippen LogP contribution in [0.2, 0.25) is 0 Å². The average Bonchev–Trinajstić information content (AvgIpc) is 2.17. The van der Waals surface area contributed by atoms with E-state index in [1.165, 1.54) is 0 Å². The molecule has 0 fully saturated rings. The van der Waals surface area contributed by atoms with Crippen LogP contribution < -0.4 is 10.7 Å². The van der Waals surface area contributed by atoms with Crippen molar-refractivity contribution in [2.75, 3.05) is 0 Å². The maximum absolute atomic E-state index is 5.13. The van der Waals surface area contributed by atoms with E-state index >= 15 is 0 Å². The Kier molecular flexibility index (Phi) is 1.87. The molecule has 0 saturated heterocycles. The lowest BCUT2D eigenvalue weighted by atomic mass is 10.2. The Balaban J connectivity index is 2.79. The summed E-state index contributed by atoms with van der Waals surface area (Å²) in [7, 11) is 0. The number of hydrogen-bond acceptors (Lipinski definition) is 3. The van der Waals surface area contributed by atoms with Crippen molar-refractivity contribution in [3.63, 3.8) is 0 Å². The molecule has 2 aromatic rings. The van der Waals surface area contributed by atoms with Crippen molar-refractivity contribution in [3.05, 3.63) is 36.0 Å². The Morgan fingerprint density at radius 3 is 2.85 bits per heavy atom. The number of aromatic nitrogens is 1. The number of nitrogens with two attached hydrogens (primary N) is 1. The molecule has 0 spiro atoms. The standard InChI is InChI=1S/C10H10N2O/c1-7-5-6-8-3-2-4-9(13-11)10(8)12-7/h2-6H,11H2,1H3. The molecule has 1 aromatic carbocycles. The normalized spacial score (nSPS) is 10.3. The molecule has 3 nitrogen and oxygen atoms in total. The van der Waals surface area contributed by atoms with Crippen molar-refractivity contribution in [2.24, 2.45) is 5.90 Å². The molecule has 13 heavy (non-hydrogen) atoms. The van der Waals surface area contributed by atoms with Gasteiger partial charge >= 0.3 is 0 Å². The van der Waals surface area contributed by atoms with Crippen LogP contribution in [-0.4, -0.2) is 4.98 Å². The van der Waals surface area contributed by atoms with E-state index in [1.54, 1.807) is 6.07 Å². The highest BCUT2D eigenvalue weighted by molar-refractivity contribution is 5.84. The summed E-state index contributed by atoms with van der Waals surface area (Å²) in [5, 5.41) is 1.04. The Hall–Kier alpha value is -1.61. The van der Waals surface area contributed by atoms with Crippen molar-refractivity contribution < 1.29 is 4.84 Å². The molecule has 1 heterocycles. The van der Waals surface area contributed by atoms with E-state index in [2.05, 4.69) is 4.98 Å². The molecule has 0 radical (unpaired) electrons. The molecule has 0 aliphatic carbocycles. The molecule has 0 aliphatic rings. The quantitative estimate of drug-likeness (QED) is 0.670. The van der Waals surface area contributed by atoms with Crippen LogP contribution in [0.15, 0.2) is 30.3 Å². The fraction of sp³-hybridized carbons (Fsp3) is 0.100. The van der Waals surface area contributed by atoms with E-state index in [-0.39, 0.29) is 0 Å². The first-order chi connectivity index (χ1) is 6.31. The zero-order valence-corrected chi connectivity index (χ0v) is 7.32. The monoisotopic (exact) mass is 174 g/mol. The second-order valence-corrected chi connectivity index (χ2v) is 2.90. The molecule has 66 valence electrons. The summed E-state index contributed by atoms with van der Waals surface area (Å²) in [5.41, 5.74) is 1.77. The lowest BCUT2D eigenvalue weighted by Crippen LogP contribution is -2.02. The molecular formula is C10H10N2O. The molecule has 0 saturated carbocycles. The number of benzene rings is 1. The molecule has 1 aromatic heterocycles. The first kappa shape index (κ1) is 8.01. The van der Waals surface area contributed by atoms with Crippen LogP contribution in [0.5, 0.6) is 5.75 Å². The Labute approximate surface area is 76.1 Å². The lowest BCUT2D eigenvalue weighted by molar-refractivity contribution is 0.338. The zero-order chi connectivity index (χ0) is 9.26. The predicted molar refractivity (Wildman–Crippen MR) is 51.3 cm³/mol. The second-order valence-electron chi connectivity index (χ2n) is 2.90. The van der Waals surface area contributed by atoms with Crippen LogP contribution >= 0.6 is 0 Å². The van der Waals surface area contributed by atoms with Crippen molar-refractivity contribution in [3.8, 4) is 5.75 Å². The molecular weight excluding hydrogens is 164 g/mol. The largest absolute Gasteiger partial charge is 0.409 e. The third-order valence-corrected chi connectivity index (χ3v) is 1.95. The third-order valence-electron chi connectivity index (χ3n) is 1.95. The third kappa shape index (κ3) is 1.34. The maximum Gasteiger partial charge on any atom is 0.173 e. The average molecular weight is 174 g/mol. The number of aryl methyl sites for hydroxylation is 1. The van der Waals surface area contributed by atoms with Crippen molar-refractivity contribution in [1.29, 1.82) is 0 Å². The number of nitrogens with zero attached hydrogens (tertiary/aromatic N) is 1. The molecule has 3 heteroatoms. The van der Waals surface area contributed by atoms with Gasteiger partial charge in [-0.3, -0.25) is 0 Å². The van der Waals surface area contributed by atoms with Crippen molar-refractivity contribution in [1.82, 2.24) is 4.98 Å². The van der Waals surface area contributed by atoms with Gasteiger partial charge in [0.05, 0.1) is 0 Å². The maximum atomic E-state index is 5.13. The summed E-state index contributed by atoms with van der Waals surface area (Å²) in [4.78, 5) is 9.06. The Morgan fingerprint density at radius 1 is 1.23 bits per heavy atom. The van der Waals surface area contributed by atoms with Gasteiger partial charge in [0, 0.05) is 11.1 Å². The molecule has 2 N–H and O–H groups in total. The van der Waals surface area contributed by atoms with Crippen LogP contribution in [0.4, 0.5) is 0 Å². The fourth-order valence-electron chi connectivity index (χ4n) is 1.31. The Morgan fingerprint density at radius 2 is 2.08 bits per heavy atom. The molecule has 0 unspecified atom stereocenters. The highest BCUT2D eigenvalue weighted by Crippen LogP contribution is 2.22. The number of fused-ring (bicyclic) bond motifs is 1. The summed E-state index contributed by atoms with van der Waals surface area (Å²) in [6.45, 7) is 1.94. The van der Waals surface area contributed by atoms with Crippen LogP contribution in [0, 0.1) is 6.92 Å². The van der Waals surface area contributed by atoms with Crippen LogP contribution in [0.25, 0.3) is 10.9 Å². The zero-order valence-electron chi connectivity index (χ0n) is 7.32. The minimum Gasteiger partial charge on any atom is -0.409 e. The topological polar surface area (TPSA) is 48.1 Å². The second kappa shape index (κ2) is 3.03. The van der Waals surface area contributed by atoms with E-state index in [0.29, 0.717) is 5.75 Å². The first-order valence-electron chi connectivity index (χ1n) is 4.04. The summed E-state index contributed by atoms with van der Waals surface area (Å²) in [5.74, 6) is 5.74. The molecule has 0 aliphatic heterocycles. The van der Waals surface area contributed by atoms with Gasteiger partial charge in [0.2, 0.25) is 0 Å². The number of hydrogen-bond donors (Lipinski definition) is 1. The van der Waals surface area contributed by atoms with Gasteiger partial charge in [-0.2, -0.15) is 5.90 Å². The predicted octanol–water partition coefficient (Wildman–Crippen LogP) is 1.80. The van der Waals surface area contributed by atoms with E-state index in [9.17, 15) is 0 Å². The smallest absolute Gasteiger partial charge is 0.173 e. The summed E-state index contributed by atoms with van der Waals surface area (Å²) < 4.78 is 0. The van der Waals surface area contributed by atoms with Crippen LogP contribution in [-0.2, 0) is 0 Å². The first-order valence-corrected chi connectivity index (χ1v) is 4.04. The molecule has 0 atom stereocenters. The van der Waals surface area contributed by atoms with E-state index < -0.39 is 0 Å². The lowest BCUT2D eigenvalue weighted by Gasteiger charge is -2.03. The summed E-state index contributed by atoms with van der Waals surface area (Å²) in [6.07, 6.45) is 0. The molecule has 2 rings (SSSR count). The van der Waals surface area contributed by atoms with E-state index in [0.717, 1.165) is 16.6 Å². The highest BCUT2D eigenvalue weighted by atomic mass is 16.6. The highest BCUT2D eigenvalue weighted by Gasteiger charge is 2.01. The van der Waals surface area contributed by atoms with Gasteiger partial charge in [-0.05, 0) is 19.1 Å². The van der Waals surface area contributed by atoms with Crippen molar-refractivity contribution >= 4 is 10.9 Å². The van der Waals surface area contributed by atoms with Gasteiger partial charge in [0.15, 0.2) is 5.75 Å². The summed E-state index contributed by atoms with van der Waals surface area (Å²) in [6, 6.07) is 9.63. The SMILES string of the molecule is Cc1ccc2cccc(ON)c2n1. The van der Waals surface area contributed by atoms with Crippen LogP contribution in [0.1, 0.15) is 5.69 Å². The number of rotatable bonds is 1. The van der Waals surface area contributed by atoms with Gasteiger partial charge in [-0.15, -0.1) is 0 Å². The molecule has 0 amide bonds. The fourth-order valence-corrected chi connectivity index (χ4v) is 1.31. The molecule has 0 bridgehead atoms. The van der Waals surface area contributed by atoms with Gasteiger partial charge < -0.3 is 4.84 Å². The van der Waals surface area contributed by atoms with Gasteiger partial charge in [0.25, 0.3) is 0 Å². The van der Waals surface area contributed by atoms with Crippen LogP contribution in [0.3, 0.4) is 0 Å². The van der Waals surface area contributed by atoms with Gasteiger partial charge in [-0.1, -0.05) is 18.2 Å². The number of pyridine rings is 1. The van der Waals surface area contributed by atoms with E-state index in [1.807, 2.05) is 31.2 Å². The van der Waals surface area contributed by atoms with E-state index in [4.69, 9.17) is 10.7 Å². The minimum absolute atomic E-state index is 0.612. The summed E-state index contributed by atoms with van der Waals surface area (Å²) >= 11 is 0. The minimum atomic E-state index is 0.612. The Bertz CT molecular complexity index is 440. The van der Waals surface area contributed by atoms with Gasteiger partial charge in [-0.25, -0.2) is 4.98 Å². The van der Waals surface area contributed by atoms with Gasteiger partial charge in [0.1, 0.15) is 5.52 Å².